The van der Waals surface area contributed by atoms with E-state index in [9.17, 15) is 0 Å². The van der Waals surface area contributed by atoms with Gasteiger partial charge in [-0.05, 0) is 44.7 Å². The zero-order valence-electron chi connectivity index (χ0n) is 11.2. The summed E-state index contributed by atoms with van der Waals surface area (Å²) >= 11 is 1.76. The highest BCUT2D eigenvalue weighted by atomic mass is 32.2. The molecule has 18 heavy (non-hydrogen) atoms. The lowest BCUT2D eigenvalue weighted by molar-refractivity contribution is 0.878. The molecule has 0 fully saturated rings. The summed E-state index contributed by atoms with van der Waals surface area (Å²) in [6.45, 7) is 6.21. The van der Waals surface area contributed by atoms with Crippen LogP contribution in [0.3, 0.4) is 0 Å². The Morgan fingerprint density at radius 1 is 1.22 bits per heavy atom. The highest BCUT2D eigenvalue weighted by Crippen LogP contribution is 2.25. The number of benzene rings is 1. The number of aryl methyl sites for hydroxylation is 2. The van der Waals surface area contributed by atoms with Crippen molar-refractivity contribution >= 4 is 17.4 Å². The molecule has 0 bridgehead atoms. The van der Waals surface area contributed by atoms with Crippen LogP contribution in [-0.2, 0) is 0 Å². The second kappa shape index (κ2) is 5.48. The van der Waals surface area contributed by atoms with Crippen LogP contribution in [0.2, 0.25) is 0 Å². The van der Waals surface area contributed by atoms with Crippen molar-refractivity contribution in [2.75, 3.05) is 11.6 Å². The van der Waals surface area contributed by atoms with E-state index in [1.165, 1.54) is 10.5 Å². The second-order valence-electron chi connectivity index (χ2n) is 4.45. The molecule has 0 aliphatic rings. The van der Waals surface area contributed by atoms with E-state index < -0.39 is 0 Å². The molecule has 2 rings (SSSR count). The fourth-order valence-electron chi connectivity index (χ4n) is 1.96. The highest BCUT2D eigenvalue weighted by Gasteiger charge is 2.10. The predicted octanol–water partition coefficient (Wildman–Crippen LogP) is 3.92. The molecule has 4 heteroatoms. The number of thioether (sulfide) groups is 1. The van der Waals surface area contributed by atoms with Gasteiger partial charge in [0.1, 0.15) is 0 Å². The van der Waals surface area contributed by atoms with E-state index in [2.05, 4.69) is 53.0 Å². The molecule has 0 radical (unpaired) electrons. The number of H-pyrrole nitrogens is 1. The van der Waals surface area contributed by atoms with Crippen molar-refractivity contribution in [1.82, 2.24) is 10.2 Å². The number of nitrogens with zero attached hydrogens (tertiary/aromatic N) is 1. The number of nitrogens with one attached hydrogen (secondary N) is 2. The van der Waals surface area contributed by atoms with Crippen molar-refractivity contribution in [3.63, 3.8) is 0 Å². The Kier molecular flexibility index (Phi) is 3.97. The largest absolute Gasteiger partial charge is 0.376 e. The summed E-state index contributed by atoms with van der Waals surface area (Å²) in [5, 5.41) is 10.7. The molecule has 1 aromatic carbocycles. The maximum absolute atomic E-state index is 4.20. The molecule has 1 atom stereocenters. The van der Waals surface area contributed by atoms with E-state index in [1.54, 1.807) is 11.8 Å². The topological polar surface area (TPSA) is 40.7 Å². The summed E-state index contributed by atoms with van der Waals surface area (Å²) in [6, 6.07) is 8.94. The molecule has 2 N–H and O–H groups in total. The minimum Gasteiger partial charge on any atom is -0.376 e. The first-order valence-electron chi connectivity index (χ1n) is 6.04. The first-order valence-corrected chi connectivity index (χ1v) is 7.26. The first-order chi connectivity index (χ1) is 8.61. The minimum absolute atomic E-state index is 0.274. The van der Waals surface area contributed by atoms with Crippen LogP contribution in [0.5, 0.6) is 0 Å². The van der Waals surface area contributed by atoms with Gasteiger partial charge in [0.05, 0.1) is 17.1 Å². The van der Waals surface area contributed by atoms with E-state index in [0.29, 0.717) is 0 Å². The molecule has 0 saturated heterocycles. The Labute approximate surface area is 112 Å². The van der Waals surface area contributed by atoms with Gasteiger partial charge in [-0.1, -0.05) is 12.1 Å². The molecule has 0 spiro atoms. The number of aromatic nitrogens is 2. The molecular formula is C14H19N3S. The summed E-state index contributed by atoms with van der Waals surface area (Å²) in [6.07, 6.45) is 2.09. The number of anilines is 1. The highest BCUT2D eigenvalue weighted by molar-refractivity contribution is 7.98. The van der Waals surface area contributed by atoms with Crippen LogP contribution in [0.1, 0.15) is 29.9 Å². The molecule has 3 nitrogen and oxygen atoms in total. The van der Waals surface area contributed by atoms with Crippen molar-refractivity contribution < 1.29 is 0 Å². The molecule has 0 saturated carbocycles. The molecule has 0 aliphatic heterocycles. The van der Waals surface area contributed by atoms with Crippen molar-refractivity contribution in [2.24, 2.45) is 0 Å². The quantitative estimate of drug-likeness (QED) is 0.819. The third-order valence-corrected chi connectivity index (χ3v) is 3.85. The standard InChI is InChI=1S/C14H19N3S/c1-9(12-5-7-13(18-4)8-6-12)15-14-10(2)16-17-11(14)3/h5-9,15H,1-4H3,(H,16,17). The van der Waals surface area contributed by atoms with Gasteiger partial charge in [-0.25, -0.2) is 0 Å². The second-order valence-corrected chi connectivity index (χ2v) is 5.33. The Balaban J connectivity index is 2.14. The Morgan fingerprint density at radius 2 is 1.89 bits per heavy atom. The normalized spacial score (nSPS) is 12.4. The van der Waals surface area contributed by atoms with Crippen molar-refractivity contribution in [1.29, 1.82) is 0 Å². The maximum Gasteiger partial charge on any atom is 0.0825 e. The van der Waals surface area contributed by atoms with E-state index in [4.69, 9.17) is 0 Å². The molecule has 1 heterocycles. The summed E-state index contributed by atoms with van der Waals surface area (Å²) < 4.78 is 0. The average molecular weight is 261 g/mol. The van der Waals surface area contributed by atoms with Crippen LogP contribution >= 0.6 is 11.8 Å². The van der Waals surface area contributed by atoms with Gasteiger partial charge in [-0.15, -0.1) is 11.8 Å². The third-order valence-electron chi connectivity index (χ3n) is 3.10. The van der Waals surface area contributed by atoms with Crippen molar-refractivity contribution in [2.45, 2.75) is 31.7 Å². The first kappa shape index (κ1) is 13.0. The monoisotopic (exact) mass is 261 g/mol. The zero-order chi connectivity index (χ0) is 13.1. The molecule has 0 amide bonds. The molecule has 0 aliphatic carbocycles. The Bertz CT molecular complexity index is 497. The van der Waals surface area contributed by atoms with Crippen molar-refractivity contribution in [3.05, 3.63) is 41.2 Å². The van der Waals surface area contributed by atoms with E-state index in [1.807, 2.05) is 13.8 Å². The maximum atomic E-state index is 4.20. The van der Waals surface area contributed by atoms with Crippen LogP contribution in [0, 0.1) is 13.8 Å². The van der Waals surface area contributed by atoms with Gasteiger partial charge in [0.15, 0.2) is 0 Å². The van der Waals surface area contributed by atoms with Crippen LogP contribution in [0.4, 0.5) is 5.69 Å². The fourth-order valence-corrected chi connectivity index (χ4v) is 2.36. The van der Waals surface area contributed by atoms with Gasteiger partial charge in [-0.3, -0.25) is 5.10 Å². The molecule has 1 unspecified atom stereocenters. The van der Waals surface area contributed by atoms with Gasteiger partial charge in [-0.2, -0.15) is 5.10 Å². The molecular weight excluding hydrogens is 242 g/mol. The van der Waals surface area contributed by atoms with Gasteiger partial charge in [0.25, 0.3) is 0 Å². The van der Waals surface area contributed by atoms with Crippen LogP contribution in [-0.4, -0.2) is 16.5 Å². The molecule has 96 valence electrons. The number of rotatable bonds is 4. The SMILES string of the molecule is CSc1ccc(C(C)Nc2c(C)n[nH]c2C)cc1. The summed E-state index contributed by atoms with van der Waals surface area (Å²) in [5.74, 6) is 0. The summed E-state index contributed by atoms with van der Waals surface area (Å²) in [4.78, 5) is 1.29. The van der Waals surface area contributed by atoms with Crippen LogP contribution < -0.4 is 5.32 Å². The van der Waals surface area contributed by atoms with E-state index in [0.717, 1.165) is 17.1 Å². The Hall–Kier alpha value is -1.42. The smallest absolute Gasteiger partial charge is 0.0825 e. The fraction of sp³-hybridized carbons (Fsp3) is 0.357. The predicted molar refractivity (Wildman–Crippen MR) is 78.3 cm³/mol. The molecule has 2 aromatic rings. The van der Waals surface area contributed by atoms with E-state index in [-0.39, 0.29) is 6.04 Å². The van der Waals surface area contributed by atoms with Crippen molar-refractivity contribution in [3.8, 4) is 0 Å². The number of hydrogen-bond donors (Lipinski definition) is 2. The zero-order valence-corrected chi connectivity index (χ0v) is 12.1. The lowest BCUT2D eigenvalue weighted by atomic mass is 10.1. The average Bonchev–Trinajstić information content (AvgIpc) is 2.70. The lowest BCUT2D eigenvalue weighted by Gasteiger charge is -2.16. The molecule has 1 aromatic heterocycles. The number of hydrogen-bond acceptors (Lipinski definition) is 3. The van der Waals surface area contributed by atoms with Crippen LogP contribution in [0.25, 0.3) is 0 Å². The third kappa shape index (κ3) is 2.70. The Morgan fingerprint density at radius 3 is 2.39 bits per heavy atom. The lowest BCUT2D eigenvalue weighted by Crippen LogP contribution is -2.07. The van der Waals surface area contributed by atoms with E-state index >= 15 is 0 Å². The van der Waals surface area contributed by atoms with Gasteiger partial charge in [0, 0.05) is 10.9 Å². The van der Waals surface area contributed by atoms with Gasteiger partial charge < -0.3 is 5.32 Å². The van der Waals surface area contributed by atoms with Gasteiger partial charge >= 0.3 is 0 Å². The van der Waals surface area contributed by atoms with Gasteiger partial charge in [0.2, 0.25) is 0 Å². The number of aromatic amines is 1. The van der Waals surface area contributed by atoms with Crippen LogP contribution in [0.15, 0.2) is 29.2 Å². The minimum atomic E-state index is 0.274. The summed E-state index contributed by atoms with van der Waals surface area (Å²) in [5.41, 5.74) is 4.49. The summed E-state index contributed by atoms with van der Waals surface area (Å²) in [7, 11) is 0.